The van der Waals surface area contributed by atoms with Gasteiger partial charge in [0, 0.05) is 45.5 Å². The zero-order chi connectivity index (χ0) is 37.8. The number of hydrogen-bond acceptors (Lipinski definition) is 11. The molecular weight excluding hydrogens is 737 g/mol. The molecule has 2 N–H and O–H groups in total. The molecule has 0 aliphatic heterocycles. The number of rotatable bonds is 10. The number of aryl methyl sites for hydroxylation is 4. The molecule has 55 heavy (non-hydrogen) atoms. The van der Waals surface area contributed by atoms with Crippen molar-refractivity contribution in [2.75, 3.05) is 0 Å². The topological polar surface area (TPSA) is 167 Å². The Balaban J connectivity index is 0.000000236. The average Bonchev–Trinajstić information content (AvgIpc) is 4.10. The summed E-state index contributed by atoms with van der Waals surface area (Å²) in [5.74, 6) is 3.95. The fraction of sp³-hybridized carbons (Fsp3) is 0.400. The van der Waals surface area contributed by atoms with Gasteiger partial charge in [-0.2, -0.15) is 37.0 Å². The van der Waals surface area contributed by atoms with Gasteiger partial charge in [0.25, 0.3) is 5.91 Å². The summed E-state index contributed by atoms with van der Waals surface area (Å²) in [6, 6.07) is 15.1. The number of amides is 2. The van der Waals surface area contributed by atoms with E-state index in [4.69, 9.17) is 13.9 Å². The van der Waals surface area contributed by atoms with Crippen LogP contribution in [0.2, 0.25) is 0 Å². The molecule has 0 unspecified atom stereocenters. The van der Waals surface area contributed by atoms with Gasteiger partial charge < -0.3 is 13.9 Å². The highest BCUT2D eigenvalue weighted by atomic mass is 32.1. The molecule has 0 bridgehead atoms. The van der Waals surface area contributed by atoms with Crippen molar-refractivity contribution in [3.05, 3.63) is 105 Å². The summed E-state index contributed by atoms with van der Waals surface area (Å²) in [6.07, 6.45) is 3.72. The molecule has 292 valence electrons. The van der Waals surface area contributed by atoms with Gasteiger partial charge in [-0.15, -0.1) is 10.2 Å². The Hall–Kier alpha value is -5.02. The highest BCUT2D eigenvalue weighted by Crippen LogP contribution is 2.40. The van der Waals surface area contributed by atoms with E-state index in [1.165, 1.54) is 0 Å². The van der Waals surface area contributed by atoms with Gasteiger partial charge in [0.05, 0.1) is 0 Å². The molecule has 2 aromatic carbocycles. The lowest BCUT2D eigenvalue weighted by atomic mass is 10.1. The SMILES string of the molecule is Cc1nc(C)c(C)c(O[C@@H](C)c2ccc(-c3nnc(C4CC4)o3)cc2)n1.Cc1nc(C)c(C)c(O[C@@H](C)c2ccc(C(=O)NNC(=O)C3CC3)cc2)n1.S.S. The minimum atomic E-state index is -0.345. The Bertz CT molecular complexity index is 2100. The number of benzene rings is 2. The van der Waals surface area contributed by atoms with Crippen molar-refractivity contribution >= 4 is 38.8 Å². The van der Waals surface area contributed by atoms with Crippen LogP contribution < -0.4 is 20.3 Å². The highest BCUT2D eigenvalue weighted by Gasteiger charge is 2.30. The highest BCUT2D eigenvalue weighted by molar-refractivity contribution is 7.59. The fourth-order valence-electron chi connectivity index (χ4n) is 5.46. The summed E-state index contributed by atoms with van der Waals surface area (Å²) in [5, 5.41) is 8.29. The summed E-state index contributed by atoms with van der Waals surface area (Å²) in [6.45, 7) is 15.5. The van der Waals surface area contributed by atoms with Crippen molar-refractivity contribution in [1.82, 2.24) is 41.0 Å². The molecule has 0 spiro atoms. The van der Waals surface area contributed by atoms with Crippen molar-refractivity contribution in [3.8, 4) is 23.2 Å². The van der Waals surface area contributed by atoms with Crippen molar-refractivity contribution in [2.24, 2.45) is 5.92 Å². The lowest BCUT2D eigenvalue weighted by Gasteiger charge is -2.17. The summed E-state index contributed by atoms with van der Waals surface area (Å²) in [5.41, 5.74) is 12.0. The van der Waals surface area contributed by atoms with Gasteiger partial charge in [-0.05, 0) is 116 Å². The maximum Gasteiger partial charge on any atom is 0.269 e. The van der Waals surface area contributed by atoms with E-state index >= 15 is 0 Å². The monoisotopic (exact) mass is 786 g/mol. The first kappa shape index (κ1) is 42.7. The molecule has 2 aliphatic carbocycles. The molecule has 5 aromatic rings. The normalized spacial score (nSPS) is 14.2. The van der Waals surface area contributed by atoms with Gasteiger partial charge in [0.1, 0.15) is 23.9 Å². The number of hydrogen-bond donors (Lipinski definition) is 2. The van der Waals surface area contributed by atoms with Gasteiger partial charge in [-0.3, -0.25) is 20.4 Å². The predicted octanol–water partition coefficient (Wildman–Crippen LogP) is 7.41. The summed E-state index contributed by atoms with van der Waals surface area (Å²) in [4.78, 5) is 41.2. The van der Waals surface area contributed by atoms with Crippen LogP contribution >= 0.6 is 27.0 Å². The van der Waals surface area contributed by atoms with Gasteiger partial charge >= 0.3 is 0 Å². The van der Waals surface area contributed by atoms with Crippen molar-refractivity contribution < 1.29 is 23.5 Å². The molecule has 0 saturated heterocycles. The van der Waals surface area contributed by atoms with Gasteiger partial charge in [0.15, 0.2) is 0 Å². The van der Waals surface area contributed by atoms with Crippen LogP contribution in [0, 0.1) is 47.5 Å². The summed E-state index contributed by atoms with van der Waals surface area (Å²) in [7, 11) is 0. The molecule has 2 fully saturated rings. The molecule has 2 aliphatic rings. The number of carbonyl (C=O) groups is 2. The molecule has 7 rings (SSSR count). The van der Waals surface area contributed by atoms with Gasteiger partial charge in [-0.25, -0.2) is 9.97 Å². The van der Waals surface area contributed by atoms with E-state index < -0.39 is 0 Å². The smallest absolute Gasteiger partial charge is 0.269 e. The Morgan fingerprint density at radius 3 is 1.64 bits per heavy atom. The average molecular weight is 787 g/mol. The van der Waals surface area contributed by atoms with Crippen LogP contribution in [0.5, 0.6) is 11.8 Å². The summed E-state index contributed by atoms with van der Waals surface area (Å²) < 4.78 is 17.8. The quantitative estimate of drug-likeness (QED) is 0.135. The van der Waals surface area contributed by atoms with Crippen LogP contribution in [0.15, 0.2) is 52.9 Å². The van der Waals surface area contributed by atoms with E-state index in [0.717, 1.165) is 70.8 Å². The molecule has 3 heterocycles. The molecule has 2 atom stereocenters. The van der Waals surface area contributed by atoms with E-state index in [-0.39, 0.29) is 56.9 Å². The molecule has 2 amide bonds. The zero-order valence-corrected chi connectivity index (χ0v) is 34.5. The van der Waals surface area contributed by atoms with Crippen LogP contribution in [0.25, 0.3) is 11.5 Å². The van der Waals surface area contributed by atoms with Crippen molar-refractivity contribution in [2.45, 2.75) is 99.2 Å². The van der Waals surface area contributed by atoms with Crippen LogP contribution in [-0.2, 0) is 4.79 Å². The number of nitrogens with zero attached hydrogens (tertiary/aromatic N) is 6. The second kappa shape index (κ2) is 18.5. The van der Waals surface area contributed by atoms with E-state index in [2.05, 4.69) is 41.0 Å². The summed E-state index contributed by atoms with van der Waals surface area (Å²) >= 11 is 0. The van der Waals surface area contributed by atoms with Crippen LogP contribution in [0.3, 0.4) is 0 Å². The number of ether oxygens (including phenoxy) is 2. The Labute approximate surface area is 335 Å². The number of carbonyl (C=O) groups excluding carboxylic acids is 2. The predicted molar refractivity (Wildman–Crippen MR) is 218 cm³/mol. The van der Waals surface area contributed by atoms with Crippen molar-refractivity contribution in [1.29, 1.82) is 0 Å². The third kappa shape index (κ3) is 11.0. The number of nitrogens with one attached hydrogen (secondary N) is 2. The minimum absolute atomic E-state index is 0. The van der Waals surface area contributed by atoms with Gasteiger partial charge in [-0.1, -0.05) is 24.3 Å². The first-order valence-corrected chi connectivity index (χ1v) is 18.0. The first-order valence-electron chi connectivity index (χ1n) is 18.0. The molecule has 13 nitrogen and oxygen atoms in total. The first-order chi connectivity index (χ1) is 25.4. The lowest BCUT2D eigenvalue weighted by molar-refractivity contribution is -0.123. The lowest BCUT2D eigenvalue weighted by Crippen LogP contribution is -2.42. The Morgan fingerprint density at radius 1 is 0.673 bits per heavy atom. The van der Waals surface area contributed by atoms with Crippen LogP contribution in [0.4, 0.5) is 0 Å². The van der Waals surface area contributed by atoms with Crippen molar-refractivity contribution in [3.63, 3.8) is 0 Å². The molecular formula is C40H50N8O5S2. The maximum atomic E-state index is 12.1. The van der Waals surface area contributed by atoms with Crippen LogP contribution in [0.1, 0.15) is 119 Å². The Kier molecular flexibility index (Phi) is 14.4. The maximum absolute atomic E-state index is 12.1. The molecule has 0 radical (unpaired) electrons. The molecule has 2 saturated carbocycles. The second-order valence-corrected chi connectivity index (χ2v) is 13.8. The molecule has 15 heteroatoms. The van der Waals surface area contributed by atoms with E-state index in [0.29, 0.717) is 40.8 Å². The number of aromatic nitrogens is 6. The molecule has 3 aromatic heterocycles. The zero-order valence-electron chi connectivity index (χ0n) is 32.5. The minimum Gasteiger partial charge on any atom is -0.469 e. The van der Waals surface area contributed by atoms with Gasteiger partial charge in [0.2, 0.25) is 29.4 Å². The third-order valence-corrected chi connectivity index (χ3v) is 9.37. The van der Waals surface area contributed by atoms with E-state index in [1.54, 1.807) is 12.1 Å². The second-order valence-electron chi connectivity index (χ2n) is 13.8. The van der Waals surface area contributed by atoms with E-state index in [1.807, 2.05) is 91.8 Å². The third-order valence-electron chi connectivity index (χ3n) is 9.37. The largest absolute Gasteiger partial charge is 0.469 e. The van der Waals surface area contributed by atoms with E-state index in [9.17, 15) is 9.59 Å². The Morgan fingerprint density at radius 2 is 1.16 bits per heavy atom. The number of hydrazine groups is 1. The standard InChI is InChI=1S/C20H24N4O3.C20H22N4O2.2H2S/c1-11-12(2)21-14(4)22-20(11)27-13(3)15-5-7-16(8-6-15)18(25)23-24-19(26)17-9-10-17;1-11-12(2)21-14(4)22-18(11)25-13(3)15-5-7-16(8-6-15)19-23-24-20(26-19)17-9-10-17;;/h5-8,13,17H,9-10H2,1-4H3,(H,23,25)(H,24,26);5-8,13,17H,9-10H2,1-4H3;2*1H2/t2*13-;;/m00../s1. The fourth-order valence-corrected chi connectivity index (χ4v) is 5.46. The van der Waals surface area contributed by atoms with Crippen LogP contribution in [-0.4, -0.2) is 41.9 Å².